The van der Waals surface area contributed by atoms with Gasteiger partial charge >= 0.3 is 11.9 Å². The molecule has 7 heteroatoms. The topological polar surface area (TPSA) is 98.0 Å². The smallest absolute Gasteiger partial charge is 0.323 e. The summed E-state index contributed by atoms with van der Waals surface area (Å²) in [4.78, 5) is 22.4. The molecule has 0 amide bonds. The van der Waals surface area contributed by atoms with Gasteiger partial charge in [0.05, 0.1) is 18.7 Å². The number of hydrogen-bond acceptors (Lipinski definition) is 4. The maximum absolute atomic E-state index is 11.5. The van der Waals surface area contributed by atoms with Crippen molar-refractivity contribution >= 4 is 35.0 Å². The van der Waals surface area contributed by atoms with Crippen molar-refractivity contribution in [3.8, 4) is 11.5 Å². The molecule has 196 valence electrons. The SMILES string of the molecule is O=C(O)CCCc1cn(CC(=O)O)c2c(/C=C/c3ccc(OCCCOc4ccccc4)cc3)cccc12. The lowest BCUT2D eigenvalue weighted by Crippen LogP contribution is -2.07. The molecule has 4 rings (SSSR count). The van der Waals surface area contributed by atoms with Crippen LogP contribution >= 0.6 is 0 Å². The first-order chi connectivity index (χ1) is 18.5. The summed E-state index contributed by atoms with van der Waals surface area (Å²) in [6.07, 6.45) is 7.70. The molecule has 38 heavy (non-hydrogen) atoms. The summed E-state index contributed by atoms with van der Waals surface area (Å²) in [6.45, 7) is 0.976. The van der Waals surface area contributed by atoms with E-state index in [2.05, 4.69) is 0 Å². The highest BCUT2D eigenvalue weighted by atomic mass is 16.5. The van der Waals surface area contributed by atoms with Crippen molar-refractivity contribution in [2.75, 3.05) is 13.2 Å². The van der Waals surface area contributed by atoms with E-state index < -0.39 is 11.9 Å². The molecule has 1 heterocycles. The summed E-state index contributed by atoms with van der Waals surface area (Å²) in [5, 5.41) is 19.3. The number of para-hydroxylation sites is 2. The van der Waals surface area contributed by atoms with Gasteiger partial charge in [-0.1, -0.05) is 60.7 Å². The van der Waals surface area contributed by atoms with Crippen molar-refractivity contribution in [2.24, 2.45) is 0 Å². The number of ether oxygens (including phenoxy) is 2. The molecular weight excluding hydrogens is 482 g/mol. The Bertz CT molecular complexity index is 1390. The average molecular weight is 514 g/mol. The van der Waals surface area contributed by atoms with Crippen LogP contribution in [0.5, 0.6) is 11.5 Å². The predicted molar refractivity (Wildman–Crippen MR) is 148 cm³/mol. The van der Waals surface area contributed by atoms with Crippen LogP contribution in [0.1, 0.15) is 36.0 Å². The van der Waals surface area contributed by atoms with Crippen LogP contribution in [0.4, 0.5) is 0 Å². The van der Waals surface area contributed by atoms with E-state index in [1.54, 1.807) is 4.57 Å². The highest BCUT2D eigenvalue weighted by molar-refractivity contribution is 5.94. The van der Waals surface area contributed by atoms with E-state index in [4.69, 9.17) is 14.6 Å². The fourth-order valence-electron chi connectivity index (χ4n) is 4.31. The van der Waals surface area contributed by atoms with Gasteiger partial charge in [-0.05, 0) is 53.8 Å². The number of aryl methyl sites for hydroxylation is 1. The third kappa shape index (κ3) is 7.49. The lowest BCUT2D eigenvalue weighted by atomic mass is 10.0. The molecule has 4 aromatic rings. The Hall–Kier alpha value is -4.52. The van der Waals surface area contributed by atoms with Crippen molar-refractivity contribution in [2.45, 2.75) is 32.2 Å². The summed E-state index contributed by atoms with van der Waals surface area (Å²) in [7, 11) is 0. The van der Waals surface area contributed by atoms with Gasteiger partial charge < -0.3 is 24.3 Å². The molecule has 0 saturated heterocycles. The van der Waals surface area contributed by atoms with Gasteiger partial charge in [0.2, 0.25) is 0 Å². The second kappa shape index (κ2) is 13.1. The molecule has 0 aliphatic rings. The molecular formula is C31H31NO6. The van der Waals surface area contributed by atoms with Crippen LogP contribution < -0.4 is 9.47 Å². The van der Waals surface area contributed by atoms with Crippen molar-refractivity contribution < 1.29 is 29.3 Å². The number of aromatic nitrogens is 1. The quantitative estimate of drug-likeness (QED) is 0.155. The lowest BCUT2D eigenvalue weighted by Gasteiger charge is -2.08. The molecule has 0 unspecified atom stereocenters. The molecule has 1 aromatic heterocycles. The van der Waals surface area contributed by atoms with Gasteiger partial charge in [-0.15, -0.1) is 0 Å². The van der Waals surface area contributed by atoms with Crippen molar-refractivity contribution in [3.05, 3.63) is 95.7 Å². The number of aliphatic carboxylic acids is 2. The zero-order valence-electron chi connectivity index (χ0n) is 21.1. The molecule has 0 aliphatic heterocycles. The number of nitrogens with zero attached hydrogens (tertiary/aromatic N) is 1. The number of hydrogen-bond donors (Lipinski definition) is 2. The van der Waals surface area contributed by atoms with Crippen molar-refractivity contribution in [1.82, 2.24) is 4.57 Å². The highest BCUT2D eigenvalue weighted by Gasteiger charge is 2.13. The Morgan fingerprint density at radius 1 is 0.763 bits per heavy atom. The first-order valence-corrected chi connectivity index (χ1v) is 12.6. The minimum atomic E-state index is -0.931. The summed E-state index contributed by atoms with van der Waals surface area (Å²) >= 11 is 0. The van der Waals surface area contributed by atoms with Gasteiger partial charge in [0, 0.05) is 24.4 Å². The van der Waals surface area contributed by atoms with E-state index in [9.17, 15) is 14.7 Å². The average Bonchev–Trinajstić information content (AvgIpc) is 3.25. The zero-order valence-corrected chi connectivity index (χ0v) is 21.1. The third-order valence-electron chi connectivity index (χ3n) is 6.06. The van der Waals surface area contributed by atoms with Crippen LogP contribution in [-0.2, 0) is 22.6 Å². The molecule has 0 saturated carbocycles. The van der Waals surface area contributed by atoms with Gasteiger partial charge in [-0.25, -0.2) is 0 Å². The number of carboxylic acid groups (broad SMARTS) is 2. The van der Waals surface area contributed by atoms with Crippen LogP contribution in [0.25, 0.3) is 23.1 Å². The second-order valence-electron chi connectivity index (χ2n) is 8.93. The van der Waals surface area contributed by atoms with E-state index >= 15 is 0 Å². The normalized spacial score (nSPS) is 11.2. The first kappa shape index (κ1) is 26.5. The molecule has 0 aliphatic carbocycles. The van der Waals surface area contributed by atoms with Gasteiger partial charge in [0.25, 0.3) is 0 Å². The second-order valence-corrected chi connectivity index (χ2v) is 8.93. The molecule has 3 aromatic carbocycles. The number of benzene rings is 3. The maximum atomic E-state index is 11.5. The van der Waals surface area contributed by atoms with Crippen LogP contribution in [0.2, 0.25) is 0 Å². The van der Waals surface area contributed by atoms with E-state index in [0.717, 1.165) is 45.5 Å². The van der Waals surface area contributed by atoms with E-state index in [-0.39, 0.29) is 13.0 Å². The third-order valence-corrected chi connectivity index (χ3v) is 6.06. The fourth-order valence-corrected chi connectivity index (χ4v) is 4.31. The van der Waals surface area contributed by atoms with Gasteiger partial charge in [0.1, 0.15) is 18.0 Å². The van der Waals surface area contributed by atoms with Crippen LogP contribution in [0.3, 0.4) is 0 Å². The Balaban J connectivity index is 1.40. The standard InChI is InChI=1S/C31H31NO6/c33-29(34)12-5-8-25-21-32(22-30(35)36)31-24(7-4-11-28(25)31)16-13-23-14-17-27(18-15-23)38-20-6-19-37-26-9-2-1-3-10-26/h1-4,7,9-11,13-18,21H,5-6,8,12,19-20,22H2,(H,33,34)(H,35,36)/b16-13+. The predicted octanol–water partition coefficient (Wildman–Crippen LogP) is 6.15. The molecule has 0 atom stereocenters. The highest BCUT2D eigenvalue weighted by Crippen LogP contribution is 2.28. The number of carboxylic acids is 2. The summed E-state index contributed by atoms with van der Waals surface area (Å²) in [5.74, 6) is -0.134. The fraction of sp³-hybridized carbons (Fsp3) is 0.226. The monoisotopic (exact) mass is 513 g/mol. The number of rotatable bonds is 14. The lowest BCUT2D eigenvalue weighted by molar-refractivity contribution is -0.138. The Kier molecular flexibility index (Phi) is 9.18. The summed E-state index contributed by atoms with van der Waals surface area (Å²) in [6, 6.07) is 23.3. The maximum Gasteiger partial charge on any atom is 0.323 e. The van der Waals surface area contributed by atoms with Crippen LogP contribution in [-0.4, -0.2) is 39.9 Å². The summed E-state index contributed by atoms with van der Waals surface area (Å²) in [5.41, 5.74) is 3.66. The van der Waals surface area contributed by atoms with E-state index in [1.807, 2.05) is 91.1 Å². The Morgan fingerprint density at radius 3 is 2.16 bits per heavy atom. The van der Waals surface area contributed by atoms with Crippen LogP contribution in [0, 0.1) is 0 Å². The molecule has 0 radical (unpaired) electrons. The minimum absolute atomic E-state index is 0.0758. The zero-order chi connectivity index (χ0) is 26.7. The van der Waals surface area contributed by atoms with Crippen molar-refractivity contribution in [3.63, 3.8) is 0 Å². The molecule has 0 bridgehead atoms. The Morgan fingerprint density at radius 2 is 1.47 bits per heavy atom. The van der Waals surface area contributed by atoms with Gasteiger partial charge in [0.15, 0.2) is 0 Å². The minimum Gasteiger partial charge on any atom is -0.493 e. The Labute approximate surface area is 221 Å². The molecule has 0 fully saturated rings. The molecule has 7 nitrogen and oxygen atoms in total. The molecule has 2 N–H and O–H groups in total. The number of carbonyl (C=O) groups is 2. The van der Waals surface area contributed by atoms with Gasteiger partial charge in [-0.3, -0.25) is 9.59 Å². The van der Waals surface area contributed by atoms with Crippen molar-refractivity contribution in [1.29, 1.82) is 0 Å². The summed E-state index contributed by atoms with van der Waals surface area (Å²) < 4.78 is 13.2. The van der Waals surface area contributed by atoms with E-state index in [0.29, 0.717) is 26.1 Å². The first-order valence-electron chi connectivity index (χ1n) is 12.6. The molecule has 0 spiro atoms. The van der Waals surface area contributed by atoms with E-state index in [1.165, 1.54) is 0 Å². The largest absolute Gasteiger partial charge is 0.493 e. The van der Waals surface area contributed by atoms with Crippen LogP contribution in [0.15, 0.2) is 79.0 Å². The number of fused-ring (bicyclic) bond motifs is 1. The van der Waals surface area contributed by atoms with Gasteiger partial charge in [-0.2, -0.15) is 0 Å².